The molecule has 1 aliphatic carbocycles. The summed E-state index contributed by atoms with van der Waals surface area (Å²) in [6, 6.07) is 31.4. The number of likely N-dealkylation sites (N-methyl/N-ethyl adjacent to an activating group) is 1. The van der Waals surface area contributed by atoms with E-state index in [2.05, 4.69) is 85.6 Å². The lowest BCUT2D eigenvalue weighted by atomic mass is 9.77. The smallest absolute Gasteiger partial charge is 0.309 e. The normalized spacial score (nSPS) is 16.2. The zero-order chi connectivity index (χ0) is 23.1. The van der Waals surface area contributed by atoms with Crippen molar-refractivity contribution in [3.8, 4) is 0 Å². The van der Waals surface area contributed by atoms with Crippen LogP contribution in [0, 0.1) is 11.8 Å². The average Bonchev–Trinajstić information content (AvgIpc) is 3.70. The topological polar surface area (TPSA) is 29.5 Å². The first-order chi connectivity index (χ1) is 16.1. The van der Waals surface area contributed by atoms with Crippen LogP contribution in [0.5, 0.6) is 0 Å². The predicted octanol–water partition coefficient (Wildman–Crippen LogP) is 5.89. The molecule has 0 radical (unpaired) electrons. The molecule has 1 fully saturated rings. The predicted molar refractivity (Wildman–Crippen MR) is 134 cm³/mol. The fraction of sp³-hybridized carbons (Fsp3) is 0.367. The number of hydrogen-bond donors (Lipinski definition) is 0. The fourth-order valence-corrected chi connectivity index (χ4v) is 4.63. The molecule has 0 aromatic heterocycles. The quantitative estimate of drug-likeness (QED) is 0.348. The zero-order valence-corrected chi connectivity index (χ0v) is 19.8. The molecule has 0 bridgehead atoms. The summed E-state index contributed by atoms with van der Waals surface area (Å²) in [5.41, 5.74) is 2.90. The average molecular weight is 442 g/mol. The summed E-state index contributed by atoms with van der Waals surface area (Å²) < 4.78 is 6.51. The highest BCUT2D eigenvalue weighted by molar-refractivity contribution is 5.75. The molecule has 2 atom stereocenters. The summed E-state index contributed by atoms with van der Waals surface area (Å²) in [7, 11) is 2.17. The maximum atomic E-state index is 13.0. The van der Waals surface area contributed by atoms with Gasteiger partial charge in [0.25, 0.3) is 0 Å². The van der Waals surface area contributed by atoms with Crippen LogP contribution < -0.4 is 0 Å². The fourth-order valence-electron chi connectivity index (χ4n) is 4.63. The van der Waals surface area contributed by atoms with Crippen molar-refractivity contribution in [3.05, 3.63) is 108 Å². The van der Waals surface area contributed by atoms with Crippen molar-refractivity contribution in [1.29, 1.82) is 0 Å². The van der Waals surface area contributed by atoms with Gasteiger partial charge in [-0.2, -0.15) is 0 Å². The van der Waals surface area contributed by atoms with Crippen molar-refractivity contribution >= 4 is 5.97 Å². The number of benzene rings is 3. The molecule has 4 rings (SSSR count). The highest BCUT2D eigenvalue weighted by Gasteiger charge is 2.45. The Morgan fingerprint density at radius 1 is 0.909 bits per heavy atom. The first-order valence-electron chi connectivity index (χ1n) is 12.1. The highest BCUT2D eigenvalue weighted by Crippen LogP contribution is 2.41. The van der Waals surface area contributed by atoms with Gasteiger partial charge in [0, 0.05) is 25.4 Å². The second kappa shape index (κ2) is 10.8. The van der Waals surface area contributed by atoms with E-state index >= 15 is 0 Å². The molecule has 0 N–H and O–H groups in total. The number of esters is 1. The number of rotatable bonds is 11. The Morgan fingerprint density at radius 2 is 1.45 bits per heavy atom. The lowest BCUT2D eigenvalue weighted by Crippen LogP contribution is -2.46. The second-order valence-corrected chi connectivity index (χ2v) is 9.51. The van der Waals surface area contributed by atoms with E-state index in [4.69, 9.17) is 4.74 Å². The van der Waals surface area contributed by atoms with Crippen LogP contribution in [-0.2, 0) is 28.0 Å². The minimum absolute atomic E-state index is 0.0476. The van der Waals surface area contributed by atoms with Gasteiger partial charge in [-0.15, -0.1) is 0 Å². The van der Waals surface area contributed by atoms with Gasteiger partial charge in [0.05, 0.1) is 5.92 Å². The first kappa shape index (κ1) is 23.3. The van der Waals surface area contributed by atoms with Gasteiger partial charge in [-0.1, -0.05) is 97.9 Å². The van der Waals surface area contributed by atoms with Crippen LogP contribution in [0.2, 0.25) is 0 Å². The number of carbonyl (C=O) groups excluding carboxylic acids is 1. The molecule has 1 saturated carbocycles. The molecule has 0 amide bonds. The van der Waals surface area contributed by atoms with Crippen molar-refractivity contribution in [2.45, 2.75) is 38.2 Å². The standard InChI is InChI=1S/C30H35NO2/c1-24(23-31(2)21-20-25-12-6-3-7-13-25)30(28-16-10-5-11-17-28,33-29(32)27-18-19-27)22-26-14-8-4-9-15-26/h3-17,24,27H,18-23H2,1-2H3. The van der Waals surface area contributed by atoms with Crippen molar-refractivity contribution in [2.24, 2.45) is 11.8 Å². The summed E-state index contributed by atoms with van der Waals surface area (Å²) in [6.07, 6.45) is 3.56. The van der Waals surface area contributed by atoms with E-state index in [1.807, 2.05) is 24.3 Å². The van der Waals surface area contributed by atoms with Crippen LogP contribution in [0.25, 0.3) is 0 Å². The van der Waals surface area contributed by atoms with Crippen molar-refractivity contribution in [3.63, 3.8) is 0 Å². The molecule has 0 spiro atoms. The number of carbonyl (C=O) groups is 1. The molecule has 0 heterocycles. The lowest BCUT2D eigenvalue weighted by molar-refractivity contribution is -0.170. The van der Waals surface area contributed by atoms with Crippen molar-refractivity contribution < 1.29 is 9.53 Å². The SMILES string of the molecule is CC(CN(C)CCc1ccccc1)C(Cc1ccccc1)(OC(=O)C1CC1)c1ccccc1. The third kappa shape index (κ3) is 6.11. The number of nitrogens with zero attached hydrogens (tertiary/aromatic N) is 1. The maximum absolute atomic E-state index is 13.0. The second-order valence-electron chi connectivity index (χ2n) is 9.51. The van der Waals surface area contributed by atoms with E-state index in [1.165, 1.54) is 11.1 Å². The number of hydrogen-bond acceptors (Lipinski definition) is 3. The van der Waals surface area contributed by atoms with Crippen LogP contribution in [0.15, 0.2) is 91.0 Å². The Hall–Kier alpha value is -2.91. The van der Waals surface area contributed by atoms with E-state index in [0.717, 1.165) is 37.9 Å². The number of ether oxygens (including phenoxy) is 1. The largest absolute Gasteiger partial charge is 0.453 e. The van der Waals surface area contributed by atoms with Gasteiger partial charge < -0.3 is 9.64 Å². The van der Waals surface area contributed by atoms with Gasteiger partial charge in [-0.25, -0.2) is 0 Å². The summed E-state index contributed by atoms with van der Waals surface area (Å²) in [4.78, 5) is 15.4. The molecule has 172 valence electrons. The third-order valence-electron chi connectivity index (χ3n) is 6.77. The van der Waals surface area contributed by atoms with Crippen LogP contribution in [-0.4, -0.2) is 31.0 Å². The lowest BCUT2D eigenvalue weighted by Gasteiger charge is -2.41. The Labute approximate surface area is 198 Å². The van der Waals surface area contributed by atoms with E-state index in [1.54, 1.807) is 0 Å². The van der Waals surface area contributed by atoms with Crippen LogP contribution in [0.4, 0.5) is 0 Å². The zero-order valence-electron chi connectivity index (χ0n) is 19.8. The van der Waals surface area contributed by atoms with Gasteiger partial charge in [0.15, 0.2) is 0 Å². The minimum Gasteiger partial charge on any atom is -0.453 e. The Kier molecular flexibility index (Phi) is 7.61. The molecule has 3 aromatic carbocycles. The van der Waals surface area contributed by atoms with Crippen LogP contribution in [0.3, 0.4) is 0 Å². The highest BCUT2D eigenvalue weighted by atomic mass is 16.6. The molecule has 1 aliphatic rings. The summed E-state index contributed by atoms with van der Waals surface area (Å²) in [5.74, 6) is 0.129. The van der Waals surface area contributed by atoms with Crippen molar-refractivity contribution in [2.75, 3.05) is 20.1 Å². The van der Waals surface area contributed by atoms with Gasteiger partial charge in [-0.05, 0) is 43.0 Å². The van der Waals surface area contributed by atoms with E-state index < -0.39 is 5.60 Å². The minimum atomic E-state index is -0.705. The monoisotopic (exact) mass is 441 g/mol. The van der Waals surface area contributed by atoms with E-state index in [-0.39, 0.29) is 17.8 Å². The van der Waals surface area contributed by atoms with E-state index in [9.17, 15) is 4.79 Å². The molecular weight excluding hydrogens is 406 g/mol. The third-order valence-corrected chi connectivity index (χ3v) is 6.77. The molecule has 2 unspecified atom stereocenters. The molecule has 0 aliphatic heterocycles. The van der Waals surface area contributed by atoms with Gasteiger partial charge >= 0.3 is 5.97 Å². The maximum Gasteiger partial charge on any atom is 0.309 e. The molecule has 33 heavy (non-hydrogen) atoms. The molecule has 3 aromatic rings. The molecule has 3 nitrogen and oxygen atoms in total. The van der Waals surface area contributed by atoms with E-state index in [0.29, 0.717) is 6.42 Å². The molecular formula is C30H35NO2. The molecule has 3 heteroatoms. The van der Waals surface area contributed by atoms with Crippen LogP contribution >= 0.6 is 0 Å². The molecule has 0 saturated heterocycles. The van der Waals surface area contributed by atoms with Gasteiger partial charge in [0.1, 0.15) is 5.60 Å². The van der Waals surface area contributed by atoms with Crippen molar-refractivity contribution in [1.82, 2.24) is 4.90 Å². The summed E-state index contributed by atoms with van der Waals surface area (Å²) >= 11 is 0. The Morgan fingerprint density at radius 3 is 2.03 bits per heavy atom. The van der Waals surface area contributed by atoms with Crippen LogP contribution in [0.1, 0.15) is 36.5 Å². The summed E-state index contributed by atoms with van der Waals surface area (Å²) in [6.45, 7) is 4.03. The Balaban J connectivity index is 1.60. The van der Waals surface area contributed by atoms with Gasteiger partial charge in [-0.3, -0.25) is 4.79 Å². The summed E-state index contributed by atoms with van der Waals surface area (Å²) in [5, 5.41) is 0. The Bertz CT molecular complexity index is 1000. The first-order valence-corrected chi connectivity index (χ1v) is 12.1. The van der Waals surface area contributed by atoms with Gasteiger partial charge in [0.2, 0.25) is 0 Å².